The van der Waals surface area contributed by atoms with Crippen molar-refractivity contribution >= 4 is 39.0 Å². The molecule has 94 valence electrons. The molecule has 0 aromatic heterocycles. The van der Waals surface area contributed by atoms with Gasteiger partial charge in [-0.05, 0) is 18.4 Å². The minimum Gasteiger partial charge on any atom is -0.389 e. The summed E-state index contributed by atoms with van der Waals surface area (Å²) in [6.45, 7) is 0.417. The number of thioether (sulfide) groups is 1. The zero-order valence-electron chi connectivity index (χ0n) is 9.34. The van der Waals surface area contributed by atoms with Gasteiger partial charge in [0.15, 0.2) is 0 Å². The van der Waals surface area contributed by atoms with Gasteiger partial charge in [0.25, 0.3) is 0 Å². The summed E-state index contributed by atoms with van der Waals surface area (Å²) in [7, 11) is -3.42. The lowest BCUT2D eigenvalue weighted by Crippen LogP contribution is -2.26. The van der Waals surface area contributed by atoms with Crippen LogP contribution >= 0.6 is 24.0 Å². The fraction of sp³-hybridized carbons (Fsp3) is 0.300. The Bertz CT molecular complexity index is 483. The van der Waals surface area contributed by atoms with E-state index in [-0.39, 0.29) is 9.88 Å². The maximum Gasteiger partial charge on any atom is 0.240 e. The normalized spacial score (nSPS) is 11.4. The van der Waals surface area contributed by atoms with Gasteiger partial charge in [-0.25, -0.2) is 13.1 Å². The van der Waals surface area contributed by atoms with Crippen molar-refractivity contribution in [1.82, 2.24) is 4.72 Å². The molecule has 7 heteroatoms. The fourth-order valence-corrected chi connectivity index (χ4v) is 2.76. The summed E-state index contributed by atoms with van der Waals surface area (Å²) in [6.07, 6.45) is 1.92. The van der Waals surface area contributed by atoms with E-state index in [1.807, 2.05) is 6.26 Å². The van der Waals surface area contributed by atoms with E-state index in [1.165, 1.54) is 12.1 Å². The molecule has 0 amide bonds. The van der Waals surface area contributed by atoms with Crippen molar-refractivity contribution in [2.24, 2.45) is 5.73 Å². The first-order valence-electron chi connectivity index (χ1n) is 4.86. The highest BCUT2D eigenvalue weighted by molar-refractivity contribution is 7.98. The molecule has 0 unspecified atom stereocenters. The summed E-state index contributed by atoms with van der Waals surface area (Å²) in [5, 5.41) is 0. The molecule has 0 saturated carbocycles. The average molecular weight is 290 g/mol. The van der Waals surface area contributed by atoms with Crippen molar-refractivity contribution in [3.63, 3.8) is 0 Å². The molecule has 1 aromatic carbocycles. The number of thiocarbonyl (C=S) groups is 1. The molecule has 0 bridgehead atoms. The predicted octanol–water partition coefficient (Wildman–Crippen LogP) is 0.962. The molecule has 17 heavy (non-hydrogen) atoms. The van der Waals surface area contributed by atoms with Crippen LogP contribution in [0.3, 0.4) is 0 Å². The molecule has 0 saturated heterocycles. The quantitative estimate of drug-likeness (QED) is 0.603. The number of rotatable bonds is 6. The summed E-state index contributed by atoms with van der Waals surface area (Å²) in [5.74, 6) is 0.740. The lowest BCUT2D eigenvalue weighted by Gasteiger charge is -2.06. The summed E-state index contributed by atoms with van der Waals surface area (Å²) < 4.78 is 26.1. The molecule has 0 aliphatic heterocycles. The molecule has 0 heterocycles. The molecule has 3 N–H and O–H groups in total. The van der Waals surface area contributed by atoms with Crippen LogP contribution in [-0.4, -0.2) is 32.0 Å². The molecule has 0 spiro atoms. The molecule has 0 radical (unpaired) electrons. The van der Waals surface area contributed by atoms with Gasteiger partial charge in [0, 0.05) is 17.9 Å². The minimum atomic E-state index is -3.42. The maximum atomic E-state index is 11.8. The predicted molar refractivity (Wildman–Crippen MR) is 75.9 cm³/mol. The van der Waals surface area contributed by atoms with Gasteiger partial charge in [0.2, 0.25) is 10.0 Å². The molecule has 0 fully saturated rings. The summed E-state index contributed by atoms with van der Waals surface area (Å²) in [4.78, 5) is 0.475. The SMILES string of the molecule is CSCCNS(=O)(=O)c1ccc(C(N)=S)cc1. The molecule has 1 rings (SSSR count). The van der Waals surface area contributed by atoms with E-state index >= 15 is 0 Å². The second kappa shape index (κ2) is 6.34. The van der Waals surface area contributed by atoms with Gasteiger partial charge in [-0.1, -0.05) is 24.4 Å². The number of nitrogens with one attached hydrogen (secondary N) is 1. The molecule has 0 aliphatic rings. The Hall–Kier alpha value is -0.630. The topological polar surface area (TPSA) is 72.2 Å². The minimum absolute atomic E-state index is 0.221. The first-order chi connectivity index (χ1) is 7.97. The third-order valence-corrected chi connectivity index (χ3v) is 4.37. The van der Waals surface area contributed by atoms with Gasteiger partial charge in [0.05, 0.1) is 4.90 Å². The van der Waals surface area contributed by atoms with Crippen molar-refractivity contribution < 1.29 is 8.42 Å². The van der Waals surface area contributed by atoms with Crippen LogP contribution in [0.15, 0.2) is 29.2 Å². The molecular weight excluding hydrogens is 276 g/mol. The first-order valence-corrected chi connectivity index (χ1v) is 8.14. The van der Waals surface area contributed by atoms with Gasteiger partial charge in [0.1, 0.15) is 4.99 Å². The zero-order chi connectivity index (χ0) is 12.9. The van der Waals surface area contributed by atoms with Gasteiger partial charge >= 0.3 is 0 Å². The van der Waals surface area contributed by atoms with E-state index < -0.39 is 10.0 Å². The van der Waals surface area contributed by atoms with Crippen molar-refractivity contribution in [3.8, 4) is 0 Å². The van der Waals surface area contributed by atoms with Crippen LogP contribution in [-0.2, 0) is 10.0 Å². The van der Waals surface area contributed by atoms with Crippen molar-refractivity contribution in [1.29, 1.82) is 0 Å². The fourth-order valence-electron chi connectivity index (χ4n) is 1.16. The van der Waals surface area contributed by atoms with Crippen molar-refractivity contribution in [2.75, 3.05) is 18.6 Å². The zero-order valence-corrected chi connectivity index (χ0v) is 11.8. The van der Waals surface area contributed by atoms with Gasteiger partial charge in [-0.15, -0.1) is 0 Å². The van der Waals surface area contributed by atoms with Crippen LogP contribution in [0.2, 0.25) is 0 Å². The highest BCUT2D eigenvalue weighted by Gasteiger charge is 2.12. The lowest BCUT2D eigenvalue weighted by molar-refractivity contribution is 0.584. The highest BCUT2D eigenvalue weighted by Crippen LogP contribution is 2.10. The van der Waals surface area contributed by atoms with Crippen molar-refractivity contribution in [3.05, 3.63) is 29.8 Å². The third kappa shape index (κ3) is 4.27. The molecule has 4 nitrogen and oxygen atoms in total. The van der Waals surface area contributed by atoms with Crippen LogP contribution in [0.1, 0.15) is 5.56 Å². The van der Waals surface area contributed by atoms with Crippen LogP contribution in [0.25, 0.3) is 0 Å². The molecule has 0 atom stereocenters. The summed E-state index contributed by atoms with van der Waals surface area (Å²) in [6, 6.07) is 6.20. The van der Waals surface area contributed by atoms with Crippen LogP contribution in [0.5, 0.6) is 0 Å². The Labute approximate surface area is 111 Å². The van der Waals surface area contributed by atoms with Gasteiger partial charge in [-0.2, -0.15) is 11.8 Å². The standard InChI is InChI=1S/C10H14N2O2S3/c1-16-7-6-12-17(13,14)9-4-2-8(3-5-9)10(11)15/h2-5,12H,6-7H2,1H3,(H2,11,15). The van der Waals surface area contributed by atoms with E-state index in [2.05, 4.69) is 4.72 Å². The average Bonchev–Trinajstić information content (AvgIpc) is 2.29. The van der Waals surface area contributed by atoms with E-state index in [0.29, 0.717) is 12.1 Å². The number of nitrogens with two attached hydrogens (primary N) is 1. The van der Waals surface area contributed by atoms with E-state index in [1.54, 1.807) is 23.9 Å². The monoisotopic (exact) mass is 290 g/mol. The molecule has 0 aliphatic carbocycles. The van der Waals surface area contributed by atoms with Gasteiger partial charge in [-0.3, -0.25) is 0 Å². The largest absolute Gasteiger partial charge is 0.389 e. The van der Waals surface area contributed by atoms with E-state index in [9.17, 15) is 8.42 Å². The molecular formula is C10H14N2O2S3. The first kappa shape index (κ1) is 14.4. The Kier molecular flexibility index (Phi) is 5.38. The Morgan fingerprint density at radius 2 is 2.00 bits per heavy atom. The lowest BCUT2D eigenvalue weighted by atomic mass is 10.2. The van der Waals surface area contributed by atoms with Crippen LogP contribution in [0, 0.1) is 0 Å². The highest BCUT2D eigenvalue weighted by atomic mass is 32.2. The van der Waals surface area contributed by atoms with Crippen molar-refractivity contribution in [2.45, 2.75) is 4.90 Å². The van der Waals surface area contributed by atoms with E-state index in [0.717, 1.165) is 5.75 Å². The summed E-state index contributed by atoms with van der Waals surface area (Å²) >= 11 is 6.38. The number of sulfonamides is 1. The maximum absolute atomic E-state index is 11.8. The number of hydrogen-bond acceptors (Lipinski definition) is 4. The second-order valence-corrected chi connectivity index (χ2v) is 6.47. The number of benzene rings is 1. The van der Waals surface area contributed by atoms with Crippen LogP contribution < -0.4 is 10.5 Å². The third-order valence-electron chi connectivity index (χ3n) is 2.05. The van der Waals surface area contributed by atoms with Gasteiger partial charge < -0.3 is 5.73 Å². The van der Waals surface area contributed by atoms with E-state index in [4.69, 9.17) is 18.0 Å². The number of hydrogen-bond donors (Lipinski definition) is 2. The molecule has 1 aromatic rings. The van der Waals surface area contributed by atoms with Crippen LogP contribution in [0.4, 0.5) is 0 Å². The summed E-state index contributed by atoms with van der Waals surface area (Å²) in [5.41, 5.74) is 6.09. The second-order valence-electron chi connectivity index (χ2n) is 3.28. The Morgan fingerprint density at radius 1 is 1.41 bits per heavy atom. The Morgan fingerprint density at radius 3 is 2.47 bits per heavy atom. The Balaban J connectivity index is 2.81. The smallest absolute Gasteiger partial charge is 0.240 e.